The van der Waals surface area contributed by atoms with Gasteiger partial charge in [-0.25, -0.2) is 0 Å². The minimum Gasteiger partial charge on any atom is -0.183 e. The van der Waals surface area contributed by atoms with Crippen molar-refractivity contribution in [3.05, 3.63) is 64.6 Å². The molecule has 0 saturated carbocycles. The maximum absolute atomic E-state index is 6.26. The molecule has 0 unspecified atom stereocenters. The summed E-state index contributed by atoms with van der Waals surface area (Å²) in [6, 6.07) is 16.5. The third-order valence-electron chi connectivity index (χ3n) is 2.74. The Bertz CT molecular complexity index is 646. The van der Waals surface area contributed by atoms with Crippen LogP contribution in [-0.4, -0.2) is 0 Å². The molecule has 0 fully saturated rings. The van der Waals surface area contributed by atoms with Crippen molar-refractivity contribution < 1.29 is 4.57 Å². The van der Waals surface area contributed by atoms with Gasteiger partial charge in [0, 0.05) is 5.56 Å². The van der Waals surface area contributed by atoms with Crippen molar-refractivity contribution in [1.29, 1.82) is 0 Å². The zero-order chi connectivity index (χ0) is 11.7. The minimum absolute atomic E-state index is 0.819. The van der Waals surface area contributed by atoms with Crippen LogP contribution in [0.4, 0.5) is 0 Å². The molecule has 0 amide bonds. The van der Waals surface area contributed by atoms with Gasteiger partial charge in [-0.2, -0.15) is 4.57 Å². The number of fused-ring (bicyclic) bond motifs is 1. The van der Waals surface area contributed by atoms with Crippen LogP contribution in [0.15, 0.2) is 54.0 Å². The van der Waals surface area contributed by atoms with E-state index < -0.39 is 0 Å². The third-order valence-corrected chi connectivity index (χ3v) is 3.99. The lowest BCUT2D eigenvalue weighted by atomic mass is 10.2. The summed E-state index contributed by atoms with van der Waals surface area (Å²) in [7, 11) is 0. The van der Waals surface area contributed by atoms with Crippen LogP contribution < -0.4 is 4.57 Å². The number of halogens is 1. The second kappa shape index (κ2) is 4.47. The van der Waals surface area contributed by atoms with E-state index in [9.17, 15) is 0 Å². The molecule has 2 aromatic carbocycles. The van der Waals surface area contributed by atoms with Crippen LogP contribution in [-0.2, 0) is 6.54 Å². The Balaban J connectivity index is 2.07. The van der Waals surface area contributed by atoms with Crippen LogP contribution >= 0.6 is 22.9 Å². The maximum atomic E-state index is 6.26. The Hall–Kier alpha value is -1.38. The number of nitrogens with zero attached hydrogens (tertiary/aromatic N) is 1. The van der Waals surface area contributed by atoms with E-state index in [-0.39, 0.29) is 0 Å². The van der Waals surface area contributed by atoms with Gasteiger partial charge in [-0.3, -0.25) is 0 Å². The topological polar surface area (TPSA) is 3.88 Å². The standard InChI is InChI=1S/C14H11ClNS/c15-12-7-4-8-13-14(12)16(10-17-13)9-11-5-2-1-3-6-11/h1-8,10H,9H2/q+1. The quantitative estimate of drug-likeness (QED) is 0.616. The van der Waals surface area contributed by atoms with Crippen molar-refractivity contribution in [2.24, 2.45) is 0 Å². The predicted octanol–water partition coefficient (Wildman–Crippen LogP) is 3.89. The summed E-state index contributed by atoms with van der Waals surface area (Å²) in [5.74, 6) is 0. The molecule has 0 aliphatic heterocycles. The third kappa shape index (κ3) is 2.06. The summed E-state index contributed by atoms with van der Waals surface area (Å²) >= 11 is 7.98. The number of hydrogen-bond donors (Lipinski definition) is 0. The number of thiazole rings is 1. The van der Waals surface area contributed by atoms with Gasteiger partial charge < -0.3 is 0 Å². The molecule has 0 atom stereocenters. The average Bonchev–Trinajstić information content (AvgIpc) is 2.75. The summed E-state index contributed by atoms with van der Waals surface area (Å²) in [4.78, 5) is 0. The van der Waals surface area contributed by atoms with Crippen molar-refractivity contribution >= 4 is 33.2 Å². The highest BCUT2D eigenvalue weighted by Crippen LogP contribution is 2.23. The highest BCUT2D eigenvalue weighted by molar-refractivity contribution is 7.16. The lowest BCUT2D eigenvalue weighted by Gasteiger charge is -1.96. The Morgan fingerprint density at radius 3 is 2.65 bits per heavy atom. The largest absolute Gasteiger partial charge is 0.242 e. The fourth-order valence-corrected chi connectivity index (χ4v) is 3.19. The van der Waals surface area contributed by atoms with Gasteiger partial charge in [-0.1, -0.05) is 59.3 Å². The number of para-hydroxylation sites is 1. The maximum Gasteiger partial charge on any atom is 0.242 e. The highest BCUT2D eigenvalue weighted by atomic mass is 35.5. The summed E-state index contributed by atoms with van der Waals surface area (Å²) in [6.07, 6.45) is 0. The first-order valence-corrected chi connectivity index (χ1v) is 6.69. The second-order valence-electron chi connectivity index (χ2n) is 3.92. The first-order chi connectivity index (χ1) is 8.34. The van der Waals surface area contributed by atoms with E-state index in [0.29, 0.717) is 0 Å². The Labute approximate surface area is 109 Å². The molecule has 3 aromatic rings. The molecule has 0 aliphatic carbocycles. The zero-order valence-electron chi connectivity index (χ0n) is 9.14. The average molecular weight is 261 g/mol. The summed E-state index contributed by atoms with van der Waals surface area (Å²) in [5, 5.41) is 0.819. The van der Waals surface area contributed by atoms with E-state index >= 15 is 0 Å². The van der Waals surface area contributed by atoms with Crippen LogP contribution in [0.2, 0.25) is 5.02 Å². The van der Waals surface area contributed by atoms with Crippen molar-refractivity contribution in [2.75, 3.05) is 0 Å². The lowest BCUT2D eigenvalue weighted by molar-refractivity contribution is -0.658. The van der Waals surface area contributed by atoms with Crippen molar-refractivity contribution in [3.63, 3.8) is 0 Å². The number of hydrogen-bond acceptors (Lipinski definition) is 1. The fourth-order valence-electron chi connectivity index (χ4n) is 1.94. The van der Waals surface area contributed by atoms with Crippen LogP contribution in [0.3, 0.4) is 0 Å². The van der Waals surface area contributed by atoms with Gasteiger partial charge >= 0.3 is 0 Å². The Morgan fingerprint density at radius 1 is 1.00 bits per heavy atom. The minimum atomic E-state index is 0.819. The molecule has 3 rings (SSSR count). The molecule has 0 spiro atoms. The van der Waals surface area contributed by atoms with Gasteiger partial charge in [0.2, 0.25) is 11.0 Å². The van der Waals surface area contributed by atoms with Gasteiger partial charge in [0.25, 0.3) is 0 Å². The Kier molecular flexibility index (Phi) is 2.83. The molecule has 0 saturated heterocycles. The van der Waals surface area contributed by atoms with E-state index in [2.05, 4.69) is 40.4 Å². The van der Waals surface area contributed by atoms with E-state index in [1.165, 1.54) is 10.3 Å². The molecular formula is C14H11ClNS+. The molecule has 0 radical (unpaired) electrons. The number of aromatic nitrogens is 1. The van der Waals surface area contributed by atoms with Crippen LogP contribution in [0.5, 0.6) is 0 Å². The van der Waals surface area contributed by atoms with E-state index in [0.717, 1.165) is 17.1 Å². The molecule has 84 valence electrons. The monoisotopic (exact) mass is 260 g/mol. The van der Waals surface area contributed by atoms with Gasteiger partial charge in [0.1, 0.15) is 9.72 Å². The number of rotatable bonds is 2. The molecule has 0 aliphatic rings. The molecule has 1 heterocycles. The molecule has 0 N–H and O–H groups in total. The molecule has 3 heteroatoms. The molecular weight excluding hydrogens is 250 g/mol. The zero-order valence-corrected chi connectivity index (χ0v) is 10.7. The Morgan fingerprint density at radius 2 is 1.82 bits per heavy atom. The van der Waals surface area contributed by atoms with Gasteiger partial charge in [0.05, 0.1) is 0 Å². The number of benzene rings is 2. The summed E-state index contributed by atoms with van der Waals surface area (Å²) in [6.45, 7) is 0.866. The fraction of sp³-hybridized carbons (Fsp3) is 0.0714. The van der Waals surface area contributed by atoms with Crippen LogP contribution in [0.25, 0.3) is 10.2 Å². The summed E-state index contributed by atoms with van der Waals surface area (Å²) < 4.78 is 3.44. The van der Waals surface area contributed by atoms with Crippen LogP contribution in [0, 0.1) is 0 Å². The molecule has 1 nitrogen and oxygen atoms in total. The van der Waals surface area contributed by atoms with Crippen molar-refractivity contribution in [1.82, 2.24) is 0 Å². The molecule has 0 bridgehead atoms. The second-order valence-corrected chi connectivity index (χ2v) is 5.22. The highest BCUT2D eigenvalue weighted by Gasteiger charge is 2.15. The molecule has 17 heavy (non-hydrogen) atoms. The normalized spacial score (nSPS) is 10.9. The predicted molar refractivity (Wildman–Crippen MR) is 72.6 cm³/mol. The van der Waals surface area contributed by atoms with E-state index in [1.54, 1.807) is 11.3 Å². The SMILES string of the molecule is Clc1cccc2sc[n+](Cc3ccccc3)c12. The van der Waals surface area contributed by atoms with Crippen LogP contribution in [0.1, 0.15) is 5.56 Å². The summed E-state index contributed by atoms with van der Waals surface area (Å²) in [5.41, 5.74) is 4.55. The van der Waals surface area contributed by atoms with Gasteiger partial charge in [0.15, 0.2) is 6.54 Å². The molecule has 1 aromatic heterocycles. The smallest absolute Gasteiger partial charge is 0.183 e. The first kappa shape index (κ1) is 10.8. The van der Waals surface area contributed by atoms with Crippen molar-refractivity contribution in [3.8, 4) is 0 Å². The van der Waals surface area contributed by atoms with Crippen molar-refractivity contribution in [2.45, 2.75) is 6.54 Å². The lowest BCUT2D eigenvalue weighted by Crippen LogP contribution is -2.32. The van der Waals surface area contributed by atoms with E-state index in [4.69, 9.17) is 11.6 Å². The van der Waals surface area contributed by atoms with E-state index in [1.807, 2.05) is 18.2 Å². The first-order valence-electron chi connectivity index (χ1n) is 5.44. The van der Waals surface area contributed by atoms with Gasteiger partial charge in [-0.05, 0) is 12.1 Å². The van der Waals surface area contributed by atoms with Gasteiger partial charge in [-0.15, -0.1) is 0 Å².